The summed E-state index contributed by atoms with van der Waals surface area (Å²) in [6, 6.07) is 11.3. The largest absolute Gasteiger partial charge is 0.440 e. The number of nitriles is 1. The van der Waals surface area contributed by atoms with E-state index >= 15 is 0 Å². The lowest BCUT2D eigenvalue weighted by atomic mass is 10.0. The van der Waals surface area contributed by atoms with Gasteiger partial charge in [0.2, 0.25) is 5.91 Å². The molecule has 0 fully saturated rings. The van der Waals surface area contributed by atoms with E-state index in [0.717, 1.165) is 11.3 Å². The maximum absolute atomic E-state index is 12.0. The summed E-state index contributed by atoms with van der Waals surface area (Å²) in [5, 5.41) is 11.2. The molecule has 1 unspecified atom stereocenters. The van der Waals surface area contributed by atoms with Gasteiger partial charge in [-0.15, -0.1) is 0 Å². The van der Waals surface area contributed by atoms with Crippen LogP contribution in [0.2, 0.25) is 0 Å². The minimum atomic E-state index is -1.29. The molecule has 1 atom stereocenters. The third-order valence-electron chi connectivity index (χ3n) is 3.42. The summed E-state index contributed by atoms with van der Waals surface area (Å²) < 4.78 is 5.70. The molecule has 1 heterocycles. The number of hydrogen-bond donors (Lipinski definition) is 1. The molecule has 118 valence electrons. The van der Waals surface area contributed by atoms with Crippen molar-refractivity contribution in [2.45, 2.75) is 19.8 Å². The Hall–Kier alpha value is -2.94. The number of carbonyl (C=O) groups excluding carboxylic acids is 2. The van der Waals surface area contributed by atoms with Crippen molar-refractivity contribution in [1.29, 1.82) is 5.26 Å². The highest BCUT2D eigenvalue weighted by atomic mass is 16.4. The lowest BCUT2D eigenvalue weighted by Gasteiger charge is -2.05. The van der Waals surface area contributed by atoms with Crippen molar-refractivity contribution in [3.63, 3.8) is 0 Å². The van der Waals surface area contributed by atoms with Crippen molar-refractivity contribution in [3.05, 3.63) is 41.9 Å². The van der Waals surface area contributed by atoms with Crippen molar-refractivity contribution < 1.29 is 14.0 Å². The SMILES string of the molecule is CNC(=O)C(C#N)C(=O)CCc1nc(C)c(-c2ccccc2)o1. The predicted octanol–water partition coefficient (Wildman–Crippen LogP) is 2.04. The predicted molar refractivity (Wildman–Crippen MR) is 83.2 cm³/mol. The molecule has 0 bridgehead atoms. The highest BCUT2D eigenvalue weighted by Crippen LogP contribution is 2.24. The van der Waals surface area contributed by atoms with E-state index in [1.807, 2.05) is 37.3 Å². The normalized spacial score (nSPS) is 11.5. The summed E-state index contributed by atoms with van der Waals surface area (Å²) in [5.74, 6) is -1.24. The summed E-state index contributed by atoms with van der Waals surface area (Å²) >= 11 is 0. The van der Waals surface area contributed by atoms with Crippen molar-refractivity contribution in [2.24, 2.45) is 5.92 Å². The number of benzene rings is 1. The molecule has 0 saturated carbocycles. The van der Waals surface area contributed by atoms with E-state index < -0.39 is 17.6 Å². The molecule has 0 saturated heterocycles. The topological polar surface area (TPSA) is 96.0 Å². The van der Waals surface area contributed by atoms with Gasteiger partial charge in [-0.25, -0.2) is 4.98 Å². The van der Waals surface area contributed by atoms with Crippen LogP contribution < -0.4 is 5.32 Å². The van der Waals surface area contributed by atoms with Gasteiger partial charge in [0, 0.05) is 25.5 Å². The van der Waals surface area contributed by atoms with Crippen LogP contribution >= 0.6 is 0 Å². The molecule has 23 heavy (non-hydrogen) atoms. The molecule has 0 spiro atoms. The number of rotatable bonds is 6. The monoisotopic (exact) mass is 311 g/mol. The summed E-state index contributed by atoms with van der Waals surface area (Å²) in [4.78, 5) is 27.7. The van der Waals surface area contributed by atoms with Crippen LogP contribution in [-0.4, -0.2) is 23.7 Å². The van der Waals surface area contributed by atoms with Crippen LogP contribution in [-0.2, 0) is 16.0 Å². The third kappa shape index (κ3) is 3.83. The van der Waals surface area contributed by atoms with E-state index in [1.54, 1.807) is 6.07 Å². The molecule has 0 aliphatic heterocycles. The van der Waals surface area contributed by atoms with Gasteiger partial charge in [-0.3, -0.25) is 9.59 Å². The van der Waals surface area contributed by atoms with E-state index in [-0.39, 0.29) is 12.8 Å². The quantitative estimate of drug-likeness (QED) is 0.823. The molecule has 1 aromatic carbocycles. The first kappa shape index (κ1) is 16.4. The Bertz CT molecular complexity index is 744. The minimum absolute atomic E-state index is 0.0276. The molecular weight excluding hydrogens is 294 g/mol. The Labute approximate surface area is 134 Å². The highest BCUT2D eigenvalue weighted by Gasteiger charge is 2.25. The Balaban J connectivity index is 2.06. The van der Waals surface area contributed by atoms with Gasteiger partial charge < -0.3 is 9.73 Å². The zero-order valence-electron chi connectivity index (χ0n) is 13.0. The van der Waals surface area contributed by atoms with Gasteiger partial charge in [0.1, 0.15) is 0 Å². The van der Waals surface area contributed by atoms with E-state index in [0.29, 0.717) is 11.7 Å². The number of oxazole rings is 1. The molecule has 0 aliphatic carbocycles. The van der Waals surface area contributed by atoms with Crippen molar-refractivity contribution in [1.82, 2.24) is 10.3 Å². The van der Waals surface area contributed by atoms with Gasteiger partial charge in [-0.1, -0.05) is 30.3 Å². The number of aromatic nitrogens is 1. The third-order valence-corrected chi connectivity index (χ3v) is 3.42. The standard InChI is InChI=1S/C17H17N3O3/c1-11-16(12-6-4-3-5-7-12)23-15(20-11)9-8-14(21)13(10-18)17(22)19-2/h3-7,13H,8-9H2,1-2H3,(H,19,22). The van der Waals surface area contributed by atoms with Gasteiger partial charge in [-0.2, -0.15) is 5.26 Å². The molecule has 2 rings (SSSR count). The van der Waals surface area contributed by atoms with Crippen LogP contribution in [0.4, 0.5) is 0 Å². The van der Waals surface area contributed by atoms with Gasteiger partial charge >= 0.3 is 0 Å². The number of carbonyl (C=O) groups is 2. The van der Waals surface area contributed by atoms with Crippen molar-refractivity contribution >= 4 is 11.7 Å². The van der Waals surface area contributed by atoms with Gasteiger partial charge in [-0.05, 0) is 6.92 Å². The smallest absolute Gasteiger partial charge is 0.244 e. The second-order valence-corrected chi connectivity index (χ2v) is 5.03. The van der Waals surface area contributed by atoms with Gasteiger partial charge in [0.25, 0.3) is 0 Å². The Morgan fingerprint density at radius 3 is 2.65 bits per heavy atom. The lowest BCUT2D eigenvalue weighted by molar-refractivity contribution is -0.131. The van der Waals surface area contributed by atoms with E-state index in [4.69, 9.17) is 9.68 Å². The van der Waals surface area contributed by atoms with Crippen LogP contribution in [0.5, 0.6) is 0 Å². The zero-order valence-corrected chi connectivity index (χ0v) is 13.0. The average Bonchev–Trinajstić information content (AvgIpc) is 2.95. The van der Waals surface area contributed by atoms with Crippen LogP contribution in [0.25, 0.3) is 11.3 Å². The lowest BCUT2D eigenvalue weighted by Crippen LogP contribution is -2.32. The Morgan fingerprint density at radius 2 is 2.04 bits per heavy atom. The highest BCUT2D eigenvalue weighted by molar-refractivity contribution is 6.03. The molecule has 0 aliphatic rings. The molecule has 0 radical (unpaired) electrons. The maximum Gasteiger partial charge on any atom is 0.244 e. The second-order valence-electron chi connectivity index (χ2n) is 5.03. The molecule has 2 aromatic rings. The number of Topliss-reactive ketones (excluding diaryl/α,β-unsaturated/α-hetero) is 1. The minimum Gasteiger partial charge on any atom is -0.440 e. The molecule has 6 heteroatoms. The second kappa shape index (κ2) is 7.36. The summed E-state index contributed by atoms with van der Waals surface area (Å²) in [5.41, 5.74) is 1.65. The van der Waals surface area contributed by atoms with Gasteiger partial charge in [0.15, 0.2) is 23.4 Å². The molecular formula is C17H17N3O3. The van der Waals surface area contributed by atoms with Crippen molar-refractivity contribution in [3.8, 4) is 17.4 Å². The number of hydrogen-bond acceptors (Lipinski definition) is 5. The number of nitrogens with zero attached hydrogens (tertiary/aromatic N) is 2. The Kier molecular flexibility index (Phi) is 5.26. The first-order chi connectivity index (χ1) is 11.1. The van der Waals surface area contributed by atoms with Crippen LogP contribution in [0.1, 0.15) is 18.0 Å². The van der Waals surface area contributed by atoms with Gasteiger partial charge in [0.05, 0.1) is 11.8 Å². The van der Waals surface area contributed by atoms with Crippen LogP contribution in [0, 0.1) is 24.2 Å². The zero-order chi connectivity index (χ0) is 16.8. The fraction of sp³-hybridized carbons (Fsp3) is 0.294. The molecule has 1 amide bonds. The summed E-state index contributed by atoms with van der Waals surface area (Å²) in [7, 11) is 1.39. The van der Waals surface area contributed by atoms with E-state index in [2.05, 4.69) is 10.3 Å². The van der Waals surface area contributed by atoms with E-state index in [1.165, 1.54) is 7.05 Å². The first-order valence-corrected chi connectivity index (χ1v) is 7.22. The number of amides is 1. The molecule has 1 aromatic heterocycles. The van der Waals surface area contributed by atoms with E-state index in [9.17, 15) is 9.59 Å². The average molecular weight is 311 g/mol. The summed E-state index contributed by atoms with van der Waals surface area (Å²) in [6.07, 6.45) is 0.279. The molecule has 1 N–H and O–H groups in total. The number of ketones is 1. The number of aryl methyl sites for hydroxylation is 2. The van der Waals surface area contributed by atoms with Crippen molar-refractivity contribution in [2.75, 3.05) is 7.05 Å². The Morgan fingerprint density at radius 1 is 1.35 bits per heavy atom. The fourth-order valence-electron chi connectivity index (χ4n) is 2.21. The fourth-order valence-corrected chi connectivity index (χ4v) is 2.21. The molecule has 6 nitrogen and oxygen atoms in total. The number of nitrogens with one attached hydrogen (secondary N) is 1. The maximum atomic E-state index is 12.0. The van der Waals surface area contributed by atoms with Crippen LogP contribution in [0.15, 0.2) is 34.7 Å². The van der Waals surface area contributed by atoms with Crippen LogP contribution in [0.3, 0.4) is 0 Å². The first-order valence-electron chi connectivity index (χ1n) is 7.22. The summed E-state index contributed by atoms with van der Waals surface area (Å²) in [6.45, 7) is 1.83.